The Morgan fingerprint density at radius 1 is 1.19 bits per heavy atom. The van der Waals surface area contributed by atoms with E-state index in [1.165, 1.54) is 12.1 Å². The molecule has 0 aliphatic carbocycles. The third-order valence-corrected chi connectivity index (χ3v) is 6.25. The van der Waals surface area contributed by atoms with Crippen molar-refractivity contribution in [3.8, 4) is 22.3 Å². The molecule has 4 aromatic rings. The molecule has 5 rings (SSSR count). The molecule has 32 heavy (non-hydrogen) atoms. The maximum absolute atomic E-state index is 13.6. The van der Waals surface area contributed by atoms with Crippen molar-refractivity contribution in [2.45, 2.75) is 18.9 Å². The average molecular weight is 456 g/mol. The molecule has 0 bridgehead atoms. The van der Waals surface area contributed by atoms with Crippen molar-refractivity contribution in [1.29, 1.82) is 0 Å². The van der Waals surface area contributed by atoms with Gasteiger partial charge in [-0.25, -0.2) is 13.1 Å². The van der Waals surface area contributed by atoms with E-state index in [0.717, 1.165) is 48.2 Å². The van der Waals surface area contributed by atoms with Gasteiger partial charge in [-0.05, 0) is 42.2 Å². The van der Waals surface area contributed by atoms with Gasteiger partial charge in [-0.2, -0.15) is 10.1 Å². The number of likely N-dealkylation sites (tertiary alicyclic amines) is 1. The molecule has 3 N–H and O–H groups in total. The number of pyridine rings is 1. The third kappa shape index (κ3) is 4.27. The van der Waals surface area contributed by atoms with Crippen molar-refractivity contribution in [3.05, 3.63) is 54.7 Å². The monoisotopic (exact) mass is 455 g/mol. The molecule has 0 saturated carbocycles. The van der Waals surface area contributed by atoms with Crippen LogP contribution in [0, 0.1) is 5.82 Å². The van der Waals surface area contributed by atoms with Crippen molar-refractivity contribution in [2.75, 3.05) is 24.3 Å². The molecule has 166 valence electrons. The molecule has 0 spiro atoms. The third-order valence-electron chi connectivity index (χ3n) is 5.66. The minimum absolute atomic E-state index is 0.178. The summed E-state index contributed by atoms with van der Waals surface area (Å²) < 4.78 is 35.4. The second-order valence-corrected chi connectivity index (χ2v) is 8.69. The van der Waals surface area contributed by atoms with Crippen LogP contribution >= 0.6 is 0 Å². The molecule has 9 nitrogen and oxygen atoms in total. The normalized spacial score (nSPS) is 16.4. The van der Waals surface area contributed by atoms with Crippen LogP contribution in [0.2, 0.25) is 0 Å². The Labute approximate surface area is 186 Å². The highest BCUT2D eigenvalue weighted by atomic mass is 32.2. The fourth-order valence-corrected chi connectivity index (χ4v) is 4.66. The summed E-state index contributed by atoms with van der Waals surface area (Å²) in [6.45, 7) is 1.48. The van der Waals surface area contributed by atoms with Crippen LogP contribution in [-0.2, 0) is 11.1 Å². The van der Waals surface area contributed by atoms with Gasteiger partial charge in [0.1, 0.15) is 11.7 Å². The fourth-order valence-electron chi connectivity index (χ4n) is 4.09. The van der Waals surface area contributed by atoms with Gasteiger partial charge in [-0.1, -0.05) is 12.1 Å². The van der Waals surface area contributed by atoms with Crippen LogP contribution in [0.4, 0.5) is 10.3 Å². The first-order chi connectivity index (χ1) is 15.6. The molecule has 1 atom stereocenters. The number of aromatic amines is 1. The van der Waals surface area contributed by atoms with Gasteiger partial charge in [-0.3, -0.25) is 10.00 Å². The number of H-pyrrole nitrogens is 1. The maximum Gasteiger partial charge on any atom is 0.243 e. The van der Waals surface area contributed by atoms with Gasteiger partial charge in [0.2, 0.25) is 5.95 Å². The van der Waals surface area contributed by atoms with Gasteiger partial charge < -0.3 is 9.87 Å². The summed E-state index contributed by atoms with van der Waals surface area (Å²) in [5.41, 5.74) is 4.15. The zero-order chi connectivity index (χ0) is 22.1. The average Bonchev–Trinajstić information content (AvgIpc) is 3.44. The summed E-state index contributed by atoms with van der Waals surface area (Å²) in [6, 6.07) is 8.45. The lowest BCUT2D eigenvalue weighted by Gasteiger charge is -2.30. The lowest BCUT2D eigenvalue weighted by Crippen LogP contribution is -2.40. The number of benzene rings is 1. The van der Waals surface area contributed by atoms with E-state index < -0.39 is 11.1 Å². The second-order valence-electron chi connectivity index (χ2n) is 7.79. The lowest BCUT2D eigenvalue weighted by atomic mass is 9.98. The van der Waals surface area contributed by atoms with E-state index in [0.29, 0.717) is 11.6 Å². The van der Waals surface area contributed by atoms with Gasteiger partial charge in [0.15, 0.2) is 16.7 Å². The molecular formula is C21H22FN7O2S. The summed E-state index contributed by atoms with van der Waals surface area (Å²) >= 11 is -1.81. The molecule has 0 amide bonds. The number of aromatic nitrogens is 5. The van der Waals surface area contributed by atoms with Crippen LogP contribution in [0.15, 0.2) is 48.9 Å². The number of anilines is 1. The Bertz CT molecular complexity index is 1240. The van der Waals surface area contributed by atoms with Crippen molar-refractivity contribution in [3.63, 3.8) is 0 Å². The molecule has 1 aromatic carbocycles. The predicted molar refractivity (Wildman–Crippen MR) is 120 cm³/mol. The number of piperidine rings is 1. The Morgan fingerprint density at radius 3 is 2.66 bits per heavy atom. The zero-order valence-corrected chi connectivity index (χ0v) is 17.9. The molecule has 1 aliphatic rings. The second kappa shape index (κ2) is 8.77. The lowest BCUT2D eigenvalue weighted by molar-refractivity contribution is 0.247. The highest BCUT2D eigenvalue weighted by Gasteiger charge is 2.22. The SMILES string of the molecule is O=S(O)CN1CCC(Nc2nc3c(-c4ccc(F)cc4)c(-c4cn[nH]c4)ccn3n2)CC1. The van der Waals surface area contributed by atoms with Gasteiger partial charge in [0.05, 0.1) is 6.20 Å². The summed E-state index contributed by atoms with van der Waals surface area (Å²) in [7, 11) is 0. The highest BCUT2D eigenvalue weighted by molar-refractivity contribution is 7.79. The van der Waals surface area contributed by atoms with Crippen LogP contribution in [0.5, 0.6) is 0 Å². The van der Waals surface area contributed by atoms with Crippen molar-refractivity contribution < 1.29 is 13.2 Å². The molecule has 1 aliphatic heterocycles. The van der Waals surface area contributed by atoms with Gasteiger partial charge >= 0.3 is 0 Å². The van der Waals surface area contributed by atoms with Crippen LogP contribution in [-0.4, -0.2) is 63.5 Å². The number of hydrogen-bond acceptors (Lipinski definition) is 6. The minimum atomic E-state index is -1.81. The Hall–Kier alpha value is -3.15. The van der Waals surface area contributed by atoms with E-state index in [1.54, 1.807) is 22.8 Å². The molecule has 1 fully saturated rings. The van der Waals surface area contributed by atoms with Gasteiger partial charge in [0.25, 0.3) is 0 Å². The Balaban J connectivity index is 1.47. The summed E-state index contributed by atoms with van der Waals surface area (Å²) in [4.78, 5) is 6.74. The molecule has 1 saturated heterocycles. The summed E-state index contributed by atoms with van der Waals surface area (Å²) in [5.74, 6) is 0.393. The predicted octanol–water partition coefficient (Wildman–Crippen LogP) is 2.98. The number of rotatable bonds is 6. The van der Waals surface area contributed by atoms with E-state index in [4.69, 9.17) is 9.54 Å². The molecule has 11 heteroatoms. The number of fused-ring (bicyclic) bond motifs is 1. The van der Waals surface area contributed by atoms with Crippen molar-refractivity contribution in [2.24, 2.45) is 0 Å². The van der Waals surface area contributed by atoms with E-state index in [2.05, 4.69) is 20.6 Å². The highest BCUT2D eigenvalue weighted by Crippen LogP contribution is 2.35. The summed E-state index contributed by atoms with van der Waals surface area (Å²) in [5, 5.41) is 14.9. The zero-order valence-electron chi connectivity index (χ0n) is 17.1. The molecule has 1 unspecified atom stereocenters. The summed E-state index contributed by atoms with van der Waals surface area (Å²) in [6.07, 6.45) is 7.06. The quantitative estimate of drug-likeness (QED) is 0.383. The topological polar surface area (TPSA) is 111 Å². The standard InChI is InChI=1S/C21H22FN7O2S/c22-16-3-1-14(2-4-16)19-18(15-11-23-24-12-15)7-10-29-20(19)26-21(27-29)25-17-5-8-28(9-6-17)13-32(30)31/h1-4,7,10-12,17H,5-6,8-9,13H2,(H,23,24)(H,25,27)(H,30,31). The number of nitrogens with zero attached hydrogens (tertiary/aromatic N) is 5. The van der Waals surface area contributed by atoms with Crippen molar-refractivity contribution in [1.82, 2.24) is 29.7 Å². The van der Waals surface area contributed by atoms with Gasteiger partial charge in [0, 0.05) is 42.7 Å². The maximum atomic E-state index is 13.6. The largest absolute Gasteiger partial charge is 0.350 e. The van der Waals surface area contributed by atoms with Gasteiger partial charge in [-0.15, -0.1) is 5.10 Å². The first-order valence-electron chi connectivity index (χ1n) is 10.3. The minimum Gasteiger partial charge on any atom is -0.350 e. The first-order valence-corrected chi connectivity index (χ1v) is 11.6. The van der Waals surface area contributed by atoms with Crippen LogP contribution in [0.3, 0.4) is 0 Å². The molecule has 3 aromatic heterocycles. The van der Waals surface area contributed by atoms with E-state index in [-0.39, 0.29) is 17.7 Å². The van der Waals surface area contributed by atoms with Crippen LogP contribution in [0.25, 0.3) is 27.9 Å². The molecule has 0 radical (unpaired) electrons. The fraction of sp³-hybridized carbons (Fsp3) is 0.286. The van der Waals surface area contributed by atoms with Crippen LogP contribution < -0.4 is 5.32 Å². The van der Waals surface area contributed by atoms with Crippen LogP contribution in [0.1, 0.15) is 12.8 Å². The molecular weight excluding hydrogens is 433 g/mol. The molecule has 4 heterocycles. The Kier molecular flexibility index (Phi) is 5.68. The van der Waals surface area contributed by atoms with Crippen molar-refractivity contribution >= 4 is 22.7 Å². The number of nitrogens with one attached hydrogen (secondary N) is 2. The van der Waals surface area contributed by atoms with E-state index in [1.807, 2.05) is 23.4 Å². The first kappa shape index (κ1) is 20.7. The van der Waals surface area contributed by atoms with E-state index in [9.17, 15) is 8.60 Å². The number of halogens is 1. The van der Waals surface area contributed by atoms with E-state index >= 15 is 0 Å². The Morgan fingerprint density at radius 2 is 1.97 bits per heavy atom. The smallest absolute Gasteiger partial charge is 0.243 e. The number of hydrogen-bond donors (Lipinski definition) is 3.